The van der Waals surface area contributed by atoms with Crippen molar-refractivity contribution in [1.29, 1.82) is 0 Å². The minimum Gasteiger partial charge on any atom is -0.378 e. The van der Waals surface area contributed by atoms with E-state index in [1.165, 1.54) is 12.8 Å². The first-order valence-electron chi connectivity index (χ1n) is 6.94. The second kappa shape index (κ2) is 5.17. The molecular weight excluding hydrogens is 240 g/mol. The van der Waals surface area contributed by atoms with Crippen LogP contribution in [0.3, 0.4) is 0 Å². The summed E-state index contributed by atoms with van der Waals surface area (Å²) >= 11 is 0. The number of imidazole rings is 1. The molecule has 1 fully saturated rings. The van der Waals surface area contributed by atoms with Crippen molar-refractivity contribution < 1.29 is 4.74 Å². The van der Waals surface area contributed by atoms with Gasteiger partial charge in [0.15, 0.2) is 5.65 Å². The SMILES string of the molecule is Cc1ccnc2c1nc(N)n2CCC1CCCCO1. The molecule has 19 heavy (non-hydrogen) atoms. The standard InChI is InChI=1S/C14H20N4O/c1-10-5-7-16-13-12(10)17-14(15)18(13)8-6-11-4-2-3-9-19-11/h5,7,11H,2-4,6,8-9H2,1H3,(H2,15,17). The second-order valence-electron chi connectivity index (χ2n) is 5.20. The number of nitrogens with two attached hydrogens (primary N) is 1. The molecule has 1 aliphatic heterocycles. The monoisotopic (exact) mass is 260 g/mol. The van der Waals surface area contributed by atoms with Gasteiger partial charge in [0, 0.05) is 19.3 Å². The lowest BCUT2D eigenvalue weighted by Crippen LogP contribution is -2.21. The first-order valence-corrected chi connectivity index (χ1v) is 6.94. The van der Waals surface area contributed by atoms with Crippen LogP contribution in [0.4, 0.5) is 5.95 Å². The van der Waals surface area contributed by atoms with Crippen molar-refractivity contribution in [2.24, 2.45) is 0 Å². The number of ether oxygens (including phenoxy) is 1. The minimum atomic E-state index is 0.357. The molecule has 2 N–H and O–H groups in total. The van der Waals surface area contributed by atoms with Gasteiger partial charge in [-0.25, -0.2) is 9.97 Å². The van der Waals surface area contributed by atoms with Crippen LogP contribution in [0.5, 0.6) is 0 Å². The first-order chi connectivity index (χ1) is 9.25. The van der Waals surface area contributed by atoms with Crippen LogP contribution in [0.1, 0.15) is 31.2 Å². The Hall–Kier alpha value is -1.62. The molecule has 2 aromatic rings. The van der Waals surface area contributed by atoms with Crippen LogP contribution < -0.4 is 5.73 Å². The van der Waals surface area contributed by atoms with Crippen LogP contribution in [0.15, 0.2) is 12.3 Å². The summed E-state index contributed by atoms with van der Waals surface area (Å²) in [6, 6.07) is 1.96. The lowest BCUT2D eigenvalue weighted by Gasteiger charge is -2.22. The van der Waals surface area contributed by atoms with Crippen LogP contribution in [0, 0.1) is 6.92 Å². The van der Waals surface area contributed by atoms with Gasteiger partial charge < -0.3 is 10.5 Å². The van der Waals surface area contributed by atoms with Crippen molar-refractivity contribution in [2.45, 2.75) is 45.3 Å². The van der Waals surface area contributed by atoms with E-state index in [4.69, 9.17) is 10.5 Å². The third-order valence-electron chi connectivity index (χ3n) is 3.81. The van der Waals surface area contributed by atoms with E-state index in [-0.39, 0.29) is 0 Å². The number of fused-ring (bicyclic) bond motifs is 1. The molecule has 102 valence electrons. The summed E-state index contributed by atoms with van der Waals surface area (Å²) in [5.74, 6) is 0.549. The van der Waals surface area contributed by atoms with Gasteiger partial charge in [0.2, 0.25) is 5.95 Å². The zero-order valence-electron chi connectivity index (χ0n) is 11.3. The van der Waals surface area contributed by atoms with Gasteiger partial charge in [0.05, 0.1) is 6.10 Å². The van der Waals surface area contributed by atoms with E-state index in [2.05, 4.69) is 9.97 Å². The highest BCUT2D eigenvalue weighted by Crippen LogP contribution is 2.21. The Morgan fingerprint density at radius 3 is 3.16 bits per heavy atom. The number of hydrogen-bond donors (Lipinski definition) is 1. The normalized spacial score (nSPS) is 19.9. The van der Waals surface area contributed by atoms with Crippen molar-refractivity contribution in [3.8, 4) is 0 Å². The van der Waals surface area contributed by atoms with Crippen molar-refractivity contribution in [3.63, 3.8) is 0 Å². The van der Waals surface area contributed by atoms with Gasteiger partial charge in [-0.15, -0.1) is 0 Å². The van der Waals surface area contributed by atoms with Gasteiger partial charge in [-0.2, -0.15) is 0 Å². The lowest BCUT2D eigenvalue weighted by molar-refractivity contribution is 0.00904. The highest BCUT2D eigenvalue weighted by atomic mass is 16.5. The predicted molar refractivity (Wildman–Crippen MR) is 74.9 cm³/mol. The van der Waals surface area contributed by atoms with E-state index in [1.807, 2.05) is 23.8 Å². The maximum atomic E-state index is 6.01. The molecule has 0 spiro atoms. The maximum absolute atomic E-state index is 6.01. The Balaban J connectivity index is 1.80. The molecule has 1 aliphatic rings. The summed E-state index contributed by atoms with van der Waals surface area (Å²) in [5.41, 5.74) is 8.91. The van der Waals surface area contributed by atoms with E-state index >= 15 is 0 Å². The lowest BCUT2D eigenvalue weighted by atomic mass is 10.1. The molecular formula is C14H20N4O. The number of nitrogen functional groups attached to an aromatic ring is 1. The van der Waals surface area contributed by atoms with Crippen molar-refractivity contribution in [3.05, 3.63) is 17.8 Å². The smallest absolute Gasteiger partial charge is 0.202 e. The molecule has 3 heterocycles. The van der Waals surface area contributed by atoms with Gasteiger partial charge in [-0.3, -0.25) is 4.57 Å². The molecule has 0 aliphatic carbocycles. The van der Waals surface area contributed by atoms with Crippen LogP contribution in [-0.4, -0.2) is 27.2 Å². The molecule has 0 amide bonds. The Morgan fingerprint density at radius 1 is 1.47 bits per heavy atom. The number of rotatable bonds is 3. The fourth-order valence-electron chi connectivity index (χ4n) is 2.68. The van der Waals surface area contributed by atoms with Crippen molar-refractivity contribution in [2.75, 3.05) is 12.3 Å². The quantitative estimate of drug-likeness (QED) is 0.919. The highest BCUT2D eigenvalue weighted by Gasteiger charge is 2.16. The zero-order valence-corrected chi connectivity index (χ0v) is 11.3. The Bertz CT molecular complexity index is 572. The molecule has 3 rings (SSSR count). The summed E-state index contributed by atoms with van der Waals surface area (Å²) in [7, 11) is 0. The third kappa shape index (κ3) is 2.42. The highest BCUT2D eigenvalue weighted by molar-refractivity contribution is 5.77. The largest absolute Gasteiger partial charge is 0.378 e. The van der Waals surface area contributed by atoms with Gasteiger partial charge in [-0.1, -0.05) is 0 Å². The Morgan fingerprint density at radius 2 is 2.37 bits per heavy atom. The number of aryl methyl sites for hydroxylation is 2. The third-order valence-corrected chi connectivity index (χ3v) is 3.81. The van der Waals surface area contributed by atoms with Gasteiger partial charge >= 0.3 is 0 Å². The van der Waals surface area contributed by atoms with E-state index in [1.54, 1.807) is 0 Å². The molecule has 0 aromatic carbocycles. The van der Waals surface area contributed by atoms with Crippen molar-refractivity contribution >= 4 is 17.1 Å². The van der Waals surface area contributed by atoms with Gasteiger partial charge in [0.25, 0.3) is 0 Å². The topological polar surface area (TPSA) is 66.0 Å². The molecule has 5 heteroatoms. The molecule has 1 unspecified atom stereocenters. The fraction of sp³-hybridized carbons (Fsp3) is 0.571. The summed E-state index contributed by atoms with van der Waals surface area (Å²) in [6.45, 7) is 3.75. The van der Waals surface area contributed by atoms with Crippen LogP contribution in [-0.2, 0) is 11.3 Å². The number of hydrogen-bond acceptors (Lipinski definition) is 4. The summed E-state index contributed by atoms with van der Waals surface area (Å²) in [5, 5.41) is 0. The summed E-state index contributed by atoms with van der Waals surface area (Å²) < 4.78 is 7.76. The van der Waals surface area contributed by atoms with Gasteiger partial charge in [0.1, 0.15) is 5.52 Å². The Labute approximate surface area is 112 Å². The molecule has 5 nitrogen and oxygen atoms in total. The molecule has 0 saturated carbocycles. The van der Waals surface area contributed by atoms with Gasteiger partial charge in [-0.05, 0) is 44.2 Å². The number of anilines is 1. The van der Waals surface area contributed by atoms with E-state index in [9.17, 15) is 0 Å². The van der Waals surface area contributed by atoms with Crippen LogP contribution in [0.25, 0.3) is 11.2 Å². The van der Waals surface area contributed by atoms with Crippen LogP contribution >= 0.6 is 0 Å². The van der Waals surface area contributed by atoms with Crippen molar-refractivity contribution in [1.82, 2.24) is 14.5 Å². The Kier molecular flexibility index (Phi) is 3.38. The second-order valence-corrected chi connectivity index (χ2v) is 5.20. The van der Waals surface area contributed by atoms with E-state index in [0.717, 1.165) is 42.7 Å². The minimum absolute atomic E-state index is 0.357. The molecule has 2 aromatic heterocycles. The van der Waals surface area contributed by atoms with E-state index in [0.29, 0.717) is 12.1 Å². The molecule has 1 saturated heterocycles. The molecule has 0 radical (unpaired) electrons. The fourth-order valence-corrected chi connectivity index (χ4v) is 2.68. The van der Waals surface area contributed by atoms with E-state index < -0.39 is 0 Å². The summed E-state index contributed by atoms with van der Waals surface area (Å²) in [6.07, 6.45) is 6.75. The average Bonchev–Trinajstić information content (AvgIpc) is 2.75. The number of nitrogens with zero attached hydrogens (tertiary/aromatic N) is 3. The first kappa shape index (κ1) is 12.4. The predicted octanol–water partition coefficient (Wildman–Crippen LogP) is 2.28. The van der Waals surface area contributed by atoms with Crippen LogP contribution in [0.2, 0.25) is 0 Å². The summed E-state index contributed by atoms with van der Waals surface area (Å²) in [4.78, 5) is 8.82. The average molecular weight is 260 g/mol. The molecule has 1 atom stereocenters. The number of pyridine rings is 1. The maximum Gasteiger partial charge on any atom is 0.202 e. The zero-order chi connectivity index (χ0) is 13.2. The number of aromatic nitrogens is 3. The molecule has 0 bridgehead atoms.